The maximum atomic E-state index is 13.4. The second-order valence-electron chi connectivity index (χ2n) is 9.54. The molecule has 4 heterocycles. The first-order valence-corrected chi connectivity index (χ1v) is 11.1. The third-order valence-corrected chi connectivity index (χ3v) is 7.79. The summed E-state index contributed by atoms with van der Waals surface area (Å²) in [5.41, 5.74) is 4.98. The van der Waals surface area contributed by atoms with E-state index in [1.165, 1.54) is 23.1 Å². The SMILES string of the molecule is O=C(NC1C2CN3CCN(C2)CC1(c1ccccc1)C3)c1ccc2c(c1)CCC2. The van der Waals surface area contributed by atoms with E-state index in [2.05, 4.69) is 57.6 Å². The number of rotatable bonds is 3. The Hall–Kier alpha value is -2.17. The molecule has 150 valence electrons. The van der Waals surface area contributed by atoms with Crippen LogP contribution in [0.1, 0.15) is 33.5 Å². The smallest absolute Gasteiger partial charge is 0.251 e. The van der Waals surface area contributed by atoms with Crippen molar-refractivity contribution in [2.24, 2.45) is 5.92 Å². The topological polar surface area (TPSA) is 35.6 Å². The third kappa shape index (κ3) is 2.84. The normalized spacial score (nSPS) is 34.6. The number of aryl methyl sites for hydroxylation is 2. The first-order chi connectivity index (χ1) is 14.2. The van der Waals surface area contributed by atoms with Crippen LogP contribution in [-0.4, -0.2) is 61.0 Å². The van der Waals surface area contributed by atoms with Gasteiger partial charge >= 0.3 is 0 Å². The van der Waals surface area contributed by atoms with Crippen LogP contribution in [0.4, 0.5) is 0 Å². The first-order valence-electron chi connectivity index (χ1n) is 11.1. The van der Waals surface area contributed by atoms with Gasteiger partial charge < -0.3 is 15.1 Å². The van der Waals surface area contributed by atoms with E-state index in [0.717, 1.165) is 57.7 Å². The Balaban J connectivity index is 1.36. The highest BCUT2D eigenvalue weighted by Crippen LogP contribution is 2.43. The summed E-state index contributed by atoms with van der Waals surface area (Å²) in [6.07, 6.45) is 3.49. The van der Waals surface area contributed by atoms with Crippen LogP contribution in [0.15, 0.2) is 48.5 Å². The molecule has 4 saturated heterocycles. The highest BCUT2D eigenvalue weighted by Gasteiger charge is 2.55. The van der Waals surface area contributed by atoms with Gasteiger partial charge in [0.1, 0.15) is 0 Å². The largest absolute Gasteiger partial charge is 0.348 e. The molecule has 4 nitrogen and oxygen atoms in total. The first kappa shape index (κ1) is 17.7. The second kappa shape index (κ2) is 6.68. The van der Waals surface area contributed by atoms with Gasteiger partial charge in [0.15, 0.2) is 0 Å². The van der Waals surface area contributed by atoms with E-state index in [-0.39, 0.29) is 17.4 Å². The minimum Gasteiger partial charge on any atom is -0.348 e. The molecule has 0 aromatic heterocycles. The van der Waals surface area contributed by atoms with Crippen molar-refractivity contribution in [1.29, 1.82) is 0 Å². The number of hydrogen-bond donors (Lipinski definition) is 1. The minimum atomic E-state index is -0.0225. The average molecular weight is 388 g/mol. The number of hydrogen-bond acceptors (Lipinski definition) is 3. The lowest BCUT2D eigenvalue weighted by atomic mass is 9.64. The predicted molar refractivity (Wildman–Crippen MR) is 114 cm³/mol. The number of amides is 1. The van der Waals surface area contributed by atoms with Gasteiger partial charge in [-0.05, 0) is 48.1 Å². The van der Waals surface area contributed by atoms with Crippen LogP contribution in [0.25, 0.3) is 0 Å². The van der Waals surface area contributed by atoms with E-state index in [1.807, 2.05) is 6.07 Å². The van der Waals surface area contributed by atoms with Gasteiger partial charge in [0, 0.05) is 62.2 Å². The minimum absolute atomic E-state index is 0.0225. The quantitative estimate of drug-likeness (QED) is 0.879. The van der Waals surface area contributed by atoms with Gasteiger partial charge in [0.2, 0.25) is 0 Å². The highest BCUT2D eigenvalue weighted by molar-refractivity contribution is 5.95. The van der Waals surface area contributed by atoms with E-state index in [0.29, 0.717) is 5.92 Å². The van der Waals surface area contributed by atoms with Gasteiger partial charge in [-0.3, -0.25) is 4.79 Å². The van der Waals surface area contributed by atoms with Crippen LogP contribution in [-0.2, 0) is 18.3 Å². The van der Waals surface area contributed by atoms with E-state index in [1.54, 1.807) is 0 Å². The maximum Gasteiger partial charge on any atom is 0.251 e. The zero-order valence-electron chi connectivity index (χ0n) is 16.9. The van der Waals surface area contributed by atoms with Crippen LogP contribution in [0.2, 0.25) is 0 Å². The lowest BCUT2D eigenvalue weighted by Crippen LogP contribution is -2.70. The summed E-state index contributed by atoms with van der Waals surface area (Å²) in [6, 6.07) is 17.5. The molecule has 4 heteroatoms. The molecule has 7 rings (SSSR count). The lowest BCUT2D eigenvalue weighted by molar-refractivity contribution is 0.0180. The number of carbonyl (C=O) groups is 1. The third-order valence-electron chi connectivity index (χ3n) is 7.79. The summed E-state index contributed by atoms with van der Waals surface area (Å²) in [7, 11) is 0. The van der Waals surface area contributed by atoms with E-state index >= 15 is 0 Å². The monoisotopic (exact) mass is 387 g/mol. The maximum absolute atomic E-state index is 13.4. The molecule has 2 aromatic carbocycles. The fraction of sp³-hybridized carbons (Fsp3) is 0.480. The summed E-state index contributed by atoms with van der Waals surface area (Å²) < 4.78 is 0. The Morgan fingerprint density at radius 2 is 1.66 bits per heavy atom. The van der Waals surface area contributed by atoms with Crippen molar-refractivity contribution < 1.29 is 4.79 Å². The van der Waals surface area contributed by atoms with E-state index in [9.17, 15) is 4.79 Å². The molecule has 2 aromatic rings. The van der Waals surface area contributed by atoms with Crippen molar-refractivity contribution in [3.8, 4) is 0 Å². The molecular weight excluding hydrogens is 358 g/mol. The van der Waals surface area contributed by atoms with Crippen molar-refractivity contribution in [2.45, 2.75) is 30.7 Å². The van der Waals surface area contributed by atoms with Crippen LogP contribution < -0.4 is 5.32 Å². The fourth-order valence-electron chi connectivity index (χ4n) is 6.51. The zero-order valence-corrected chi connectivity index (χ0v) is 16.9. The highest BCUT2D eigenvalue weighted by atomic mass is 16.1. The Morgan fingerprint density at radius 1 is 0.931 bits per heavy atom. The number of benzene rings is 2. The van der Waals surface area contributed by atoms with Crippen molar-refractivity contribution in [1.82, 2.24) is 15.1 Å². The summed E-state index contributed by atoms with van der Waals surface area (Å²) in [4.78, 5) is 18.6. The molecule has 4 aliphatic heterocycles. The second-order valence-corrected chi connectivity index (χ2v) is 9.54. The summed E-state index contributed by atoms with van der Waals surface area (Å²) >= 11 is 0. The number of carbonyl (C=O) groups excluding carboxylic acids is 1. The summed E-state index contributed by atoms with van der Waals surface area (Å²) in [5, 5.41) is 3.54. The number of nitrogens with zero attached hydrogens (tertiary/aromatic N) is 2. The fourth-order valence-corrected chi connectivity index (χ4v) is 6.51. The van der Waals surface area contributed by atoms with Gasteiger partial charge in [-0.15, -0.1) is 0 Å². The van der Waals surface area contributed by atoms with Gasteiger partial charge in [-0.25, -0.2) is 0 Å². The van der Waals surface area contributed by atoms with Crippen molar-refractivity contribution in [2.75, 3.05) is 39.3 Å². The van der Waals surface area contributed by atoms with E-state index in [4.69, 9.17) is 0 Å². The number of fused-ring (bicyclic) bond motifs is 2. The lowest BCUT2D eigenvalue weighted by Gasteiger charge is -2.55. The molecule has 0 radical (unpaired) electrons. The molecule has 1 aliphatic carbocycles. The molecule has 1 N–H and O–H groups in total. The predicted octanol–water partition coefficient (Wildman–Crippen LogP) is 2.47. The number of piperidine rings is 2. The van der Waals surface area contributed by atoms with Gasteiger partial charge in [0.25, 0.3) is 5.91 Å². The molecule has 0 spiro atoms. The van der Waals surface area contributed by atoms with E-state index < -0.39 is 0 Å². The molecule has 4 fully saturated rings. The molecule has 4 bridgehead atoms. The zero-order chi connectivity index (χ0) is 19.4. The Bertz CT molecular complexity index is 924. The summed E-state index contributed by atoms with van der Waals surface area (Å²) in [6.45, 7) is 6.58. The number of nitrogens with one attached hydrogen (secondary N) is 1. The molecule has 5 aliphatic rings. The molecule has 3 unspecified atom stereocenters. The van der Waals surface area contributed by atoms with Crippen molar-refractivity contribution >= 4 is 5.91 Å². The van der Waals surface area contributed by atoms with Crippen LogP contribution in [0, 0.1) is 5.92 Å². The molecular formula is C25H29N3O. The Labute approximate surface area is 172 Å². The van der Waals surface area contributed by atoms with Gasteiger partial charge in [0.05, 0.1) is 0 Å². The summed E-state index contributed by atoms with van der Waals surface area (Å²) in [5.74, 6) is 0.592. The van der Waals surface area contributed by atoms with Gasteiger partial charge in [-0.1, -0.05) is 36.4 Å². The van der Waals surface area contributed by atoms with Crippen molar-refractivity contribution in [3.05, 3.63) is 70.8 Å². The van der Waals surface area contributed by atoms with Crippen LogP contribution in [0.5, 0.6) is 0 Å². The van der Waals surface area contributed by atoms with Gasteiger partial charge in [-0.2, -0.15) is 0 Å². The Morgan fingerprint density at radius 3 is 2.41 bits per heavy atom. The molecule has 0 saturated carbocycles. The van der Waals surface area contributed by atoms with Crippen LogP contribution >= 0.6 is 0 Å². The standard InChI is InChI=1S/C25H29N3O/c29-24(20-10-9-18-5-4-6-19(18)13-20)26-23-21-14-27-11-12-28(15-21)17-25(23,16-27)22-7-2-1-3-8-22/h1-3,7-10,13,21,23H,4-6,11-12,14-17H2,(H,26,29). The molecule has 1 amide bonds. The van der Waals surface area contributed by atoms with Crippen LogP contribution in [0.3, 0.4) is 0 Å². The average Bonchev–Trinajstić information content (AvgIpc) is 3.08. The molecule has 29 heavy (non-hydrogen) atoms. The Kier molecular flexibility index (Phi) is 4.07. The molecule has 3 atom stereocenters. The van der Waals surface area contributed by atoms with Crippen molar-refractivity contribution in [3.63, 3.8) is 0 Å².